The predicted molar refractivity (Wildman–Crippen MR) is 39.0 cm³/mol. The molecule has 0 aliphatic rings. The topological polar surface area (TPSA) is 51.5 Å². The van der Waals surface area contributed by atoms with Crippen LogP contribution in [0.25, 0.3) is 0 Å². The molecule has 0 aromatic carbocycles. The number of rotatable bonds is 3. The Morgan fingerprint density at radius 3 is 3.09 bits per heavy atom. The number of carbonyl (C=O) groups is 1. The van der Waals surface area contributed by atoms with Crippen LogP contribution in [0.5, 0.6) is 0 Å². The maximum atomic E-state index is 9.64. The van der Waals surface area contributed by atoms with Gasteiger partial charge in [-0.1, -0.05) is 11.2 Å². The fourth-order valence-corrected chi connectivity index (χ4v) is 0.562. The van der Waals surface area contributed by atoms with Gasteiger partial charge in [0.05, 0.1) is 11.9 Å². The summed E-state index contributed by atoms with van der Waals surface area (Å²) in [5, 5.41) is 3.30. The van der Waals surface area contributed by atoms with E-state index in [-0.39, 0.29) is 6.47 Å². The van der Waals surface area contributed by atoms with E-state index in [0.717, 1.165) is 0 Å². The third-order valence-electron chi connectivity index (χ3n) is 0.977. The lowest BCUT2D eigenvalue weighted by molar-refractivity contribution is -0.128. The van der Waals surface area contributed by atoms with Gasteiger partial charge in [0.15, 0.2) is 0 Å². The molecule has 4 nitrogen and oxygen atoms in total. The zero-order valence-electron chi connectivity index (χ0n) is 5.68. The second kappa shape index (κ2) is 4.16. The molecule has 0 spiro atoms. The van der Waals surface area contributed by atoms with E-state index in [2.05, 4.69) is 15.0 Å². The summed E-state index contributed by atoms with van der Waals surface area (Å²) in [6.07, 6.45) is 2.98. The van der Waals surface area contributed by atoms with Crippen LogP contribution in [0.1, 0.15) is 5.69 Å². The Hall–Kier alpha value is -1.71. The van der Waals surface area contributed by atoms with Crippen LogP contribution in [0.15, 0.2) is 29.6 Å². The van der Waals surface area contributed by atoms with Crippen molar-refractivity contribution in [2.45, 2.75) is 0 Å². The first-order chi connectivity index (χ1) is 5.43. The van der Waals surface area contributed by atoms with Crippen LogP contribution in [0.2, 0.25) is 0 Å². The van der Waals surface area contributed by atoms with Gasteiger partial charge in [-0.15, -0.1) is 0 Å². The molecule has 1 heterocycles. The van der Waals surface area contributed by atoms with Crippen LogP contribution < -0.4 is 0 Å². The average molecular weight is 150 g/mol. The number of pyridine rings is 1. The highest BCUT2D eigenvalue weighted by molar-refractivity contribution is 5.76. The maximum Gasteiger partial charge on any atom is 0.323 e. The Kier molecular flexibility index (Phi) is 2.80. The summed E-state index contributed by atoms with van der Waals surface area (Å²) < 4.78 is 0. The molecule has 1 rings (SSSR count). The van der Waals surface area contributed by atoms with Crippen LogP contribution in [0.4, 0.5) is 0 Å². The first-order valence-corrected chi connectivity index (χ1v) is 2.97. The molecule has 1 aromatic rings. The van der Waals surface area contributed by atoms with E-state index in [4.69, 9.17) is 0 Å². The van der Waals surface area contributed by atoms with Crippen molar-refractivity contribution in [2.75, 3.05) is 0 Å². The zero-order chi connectivity index (χ0) is 7.94. The van der Waals surface area contributed by atoms with E-state index in [1.54, 1.807) is 18.3 Å². The van der Waals surface area contributed by atoms with E-state index in [9.17, 15) is 4.79 Å². The second-order valence-corrected chi connectivity index (χ2v) is 1.69. The zero-order valence-corrected chi connectivity index (χ0v) is 5.68. The maximum absolute atomic E-state index is 9.64. The van der Waals surface area contributed by atoms with Crippen molar-refractivity contribution in [3.8, 4) is 0 Å². The Labute approximate surface area is 63.5 Å². The fourth-order valence-electron chi connectivity index (χ4n) is 0.562. The molecule has 0 fully saturated rings. The lowest BCUT2D eigenvalue weighted by Gasteiger charge is -1.86. The number of hydrogen-bond acceptors (Lipinski definition) is 4. The van der Waals surface area contributed by atoms with Gasteiger partial charge in [0.1, 0.15) is 0 Å². The van der Waals surface area contributed by atoms with Gasteiger partial charge < -0.3 is 4.84 Å². The first kappa shape index (κ1) is 7.40. The molecule has 0 unspecified atom stereocenters. The normalized spacial score (nSPS) is 9.82. The van der Waals surface area contributed by atoms with E-state index in [1.807, 2.05) is 6.07 Å². The predicted octanol–water partition coefficient (Wildman–Crippen LogP) is 0.589. The summed E-state index contributed by atoms with van der Waals surface area (Å²) in [6, 6.07) is 5.35. The van der Waals surface area contributed by atoms with Crippen molar-refractivity contribution in [2.24, 2.45) is 5.16 Å². The number of carbonyl (C=O) groups excluding carboxylic acids is 1. The standard InChI is InChI=1S/C7H6N2O2/c10-6-11-9-5-7-3-1-2-4-8-7/h1-6H/b9-5+. The van der Waals surface area contributed by atoms with Crippen LogP contribution in [0, 0.1) is 0 Å². The quantitative estimate of drug-likeness (QED) is 0.274. The molecule has 56 valence electrons. The molecule has 0 radical (unpaired) electrons. The molecule has 0 aliphatic heterocycles. The third-order valence-corrected chi connectivity index (χ3v) is 0.977. The van der Waals surface area contributed by atoms with Crippen molar-refractivity contribution in [1.29, 1.82) is 0 Å². The fraction of sp³-hybridized carbons (Fsp3) is 0. The second-order valence-electron chi connectivity index (χ2n) is 1.69. The molecule has 0 atom stereocenters. The molecule has 0 amide bonds. The van der Waals surface area contributed by atoms with Crippen molar-refractivity contribution >= 4 is 12.7 Å². The highest BCUT2D eigenvalue weighted by atomic mass is 16.7. The van der Waals surface area contributed by atoms with Crippen molar-refractivity contribution in [1.82, 2.24) is 4.98 Å². The largest absolute Gasteiger partial charge is 0.323 e. The minimum Gasteiger partial charge on any atom is -0.322 e. The molecular weight excluding hydrogens is 144 g/mol. The minimum atomic E-state index is 0.249. The Morgan fingerprint density at radius 2 is 2.45 bits per heavy atom. The minimum absolute atomic E-state index is 0.249. The van der Waals surface area contributed by atoms with Gasteiger partial charge in [-0.25, -0.2) is 0 Å². The monoisotopic (exact) mass is 150 g/mol. The first-order valence-electron chi connectivity index (χ1n) is 2.97. The number of hydrogen-bond donors (Lipinski definition) is 0. The van der Waals surface area contributed by atoms with E-state index >= 15 is 0 Å². The number of oxime groups is 1. The lowest BCUT2D eigenvalue weighted by Crippen LogP contribution is -1.85. The average Bonchev–Trinajstić information content (AvgIpc) is 2.07. The van der Waals surface area contributed by atoms with E-state index in [1.165, 1.54) is 6.21 Å². The van der Waals surface area contributed by atoms with E-state index in [0.29, 0.717) is 5.69 Å². The van der Waals surface area contributed by atoms with Crippen LogP contribution in [-0.4, -0.2) is 17.7 Å². The van der Waals surface area contributed by atoms with Gasteiger partial charge >= 0.3 is 6.47 Å². The third kappa shape index (κ3) is 2.57. The molecule has 0 saturated heterocycles. The molecule has 1 aromatic heterocycles. The van der Waals surface area contributed by atoms with E-state index < -0.39 is 0 Å². The van der Waals surface area contributed by atoms with Crippen LogP contribution >= 0.6 is 0 Å². The Morgan fingerprint density at radius 1 is 1.55 bits per heavy atom. The highest BCUT2D eigenvalue weighted by Gasteiger charge is 1.83. The van der Waals surface area contributed by atoms with Crippen molar-refractivity contribution in [3.63, 3.8) is 0 Å². The molecule has 0 bridgehead atoms. The molecular formula is C7H6N2O2. The SMILES string of the molecule is O=CO/N=C/c1ccccn1. The Balaban J connectivity index is 2.57. The smallest absolute Gasteiger partial charge is 0.322 e. The van der Waals surface area contributed by atoms with Crippen molar-refractivity contribution < 1.29 is 9.63 Å². The summed E-state index contributed by atoms with van der Waals surface area (Å²) in [6.45, 7) is 0.249. The van der Waals surface area contributed by atoms with Gasteiger partial charge in [-0.2, -0.15) is 0 Å². The summed E-state index contributed by atoms with van der Waals surface area (Å²) >= 11 is 0. The van der Waals surface area contributed by atoms with Crippen molar-refractivity contribution in [3.05, 3.63) is 30.1 Å². The van der Waals surface area contributed by atoms with Crippen LogP contribution in [0.3, 0.4) is 0 Å². The van der Waals surface area contributed by atoms with Gasteiger partial charge in [0, 0.05) is 6.20 Å². The lowest BCUT2D eigenvalue weighted by atomic mass is 10.4. The molecule has 11 heavy (non-hydrogen) atoms. The summed E-state index contributed by atoms with van der Waals surface area (Å²) in [5.41, 5.74) is 0.648. The van der Waals surface area contributed by atoms with Gasteiger partial charge in [-0.05, 0) is 12.1 Å². The highest BCUT2D eigenvalue weighted by Crippen LogP contribution is 1.87. The van der Waals surface area contributed by atoms with Gasteiger partial charge in [-0.3, -0.25) is 9.78 Å². The summed E-state index contributed by atoms with van der Waals surface area (Å²) in [4.78, 5) is 17.6. The molecule has 0 aliphatic carbocycles. The van der Waals surface area contributed by atoms with Crippen LogP contribution in [-0.2, 0) is 9.63 Å². The molecule has 0 N–H and O–H groups in total. The summed E-state index contributed by atoms with van der Waals surface area (Å²) in [7, 11) is 0. The summed E-state index contributed by atoms with van der Waals surface area (Å²) in [5.74, 6) is 0. The Bertz CT molecular complexity index is 246. The van der Waals surface area contributed by atoms with Gasteiger partial charge in [0.25, 0.3) is 0 Å². The number of aromatic nitrogens is 1. The molecule has 4 heteroatoms. The molecule has 0 saturated carbocycles. The number of nitrogens with zero attached hydrogens (tertiary/aromatic N) is 2. The van der Waals surface area contributed by atoms with Gasteiger partial charge in [0.2, 0.25) is 0 Å².